The third-order valence-corrected chi connectivity index (χ3v) is 1.58. The third-order valence-electron chi connectivity index (χ3n) is 1.58. The lowest BCUT2D eigenvalue weighted by Gasteiger charge is -2.25. The number of carbonyl (C=O) groups is 2. The molecule has 0 radical (unpaired) electrons. The summed E-state index contributed by atoms with van der Waals surface area (Å²) in [5.41, 5.74) is 17.1. The number of hydrazone groups is 1. The fourth-order valence-electron chi connectivity index (χ4n) is 1.10. The van der Waals surface area contributed by atoms with E-state index in [-0.39, 0.29) is 0 Å². The standard InChI is InChI=1S/C8H18N6O2/c1-5(11-12-6(9)15)4-8(2,3)14-13-7(10)16/h14H,4H2,1-3H3,(H3,9,12,15)(H3,10,13,16)/b11-5+. The molecule has 0 aliphatic carbocycles. The Morgan fingerprint density at radius 2 is 1.81 bits per heavy atom. The van der Waals surface area contributed by atoms with Crippen LogP contribution in [0.15, 0.2) is 5.10 Å². The molecule has 16 heavy (non-hydrogen) atoms. The van der Waals surface area contributed by atoms with Crippen molar-refractivity contribution in [1.82, 2.24) is 16.3 Å². The number of nitrogens with one attached hydrogen (secondary N) is 3. The van der Waals surface area contributed by atoms with Crippen molar-refractivity contribution in [3.63, 3.8) is 0 Å². The minimum atomic E-state index is -0.722. The van der Waals surface area contributed by atoms with Crippen molar-refractivity contribution in [3.05, 3.63) is 0 Å². The van der Waals surface area contributed by atoms with E-state index in [1.165, 1.54) is 0 Å². The highest BCUT2D eigenvalue weighted by molar-refractivity contribution is 5.84. The van der Waals surface area contributed by atoms with Gasteiger partial charge in [-0.2, -0.15) is 5.10 Å². The van der Waals surface area contributed by atoms with E-state index in [0.29, 0.717) is 12.1 Å². The second kappa shape index (κ2) is 5.91. The molecule has 0 rings (SSSR count). The van der Waals surface area contributed by atoms with E-state index in [0.717, 1.165) is 0 Å². The maximum atomic E-state index is 10.5. The van der Waals surface area contributed by atoms with Gasteiger partial charge < -0.3 is 11.5 Å². The fraction of sp³-hybridized carbons (Fsp3) is 0.625. The first-order chi connectivity index (χ1) is 7.23. The van der Waals surface area contributed by atoms with E-state index in [1.807, 2.05) is 13.8 Å². The molecule has 7 N–H and O–H groups in total. The molecule has 0 unspecified atom stereocenters. The Hall–Kier alpha value is -1.83. The van der Waals surface area contributed by atoms with E-state index >= 15 is 0 Å². The lowest BCUT2D eigenvalue weighted by molar-refractivity contribution is 0.236. The molecule has 0 aromatic carbocycles. The van der Waals surface area contributed by atoms with E-state index in [1.54, 1.807) is 6.92 Å². The monoisotopic (exact) mass is 230 g/mol. The highest BCUT2D eigenvalue weighted by atomic mass is 16.2. The quantitative estimate of drug-likeness (QED) is 0.318. The normalized spacial score (nSPS) is 12.1. The SMILES string of the molecule is C/C(CC(C)(C)NNC(N)=O)=N\NC(N)=O. The minimum Gasteiger partial charge on any atom is -0.351 e. The summed E-state index contributed by atoms with van der Waals surface area (Å²) in [6, 6.07) is -1.39. The number of carbonyl (C=O) groups excluding carboxylic acids is 2. The highest BCUT2D eigenvalue weighted by Crippen LogP contribution is 2.07. The first-order valence-corrected chi connectivity index (χ1v) is 4.64. The van der Waals surface area contributed by atoms with Crippen LogP contribution in [-0.2, 0) is 0 Å². The lowest BCUT2D eigenvalue weighted by Crippen LogP contribution is -2.53. The van der Waals surface area contributed by atoms with Gasteiger partial charge >= 0.3 is 12.1 Å². The van der Waals surface area contributed by atoms with Gasteiger partial charge in [0.2, 0.25) is 0 Å². The van der Waals surface area contributed by atoms with Gasteiger partial charge in [0.05, 0.1) is 0 Å². The molecule has 0 fully saturated rings. The van der Waals surface area contributed by atoms with Gasteiger partial charge in [-0.3, -0.25) is 5.43 Å². The summed E-state index contributed by atoms with van der Waals surface area (Å²) in [6.07, 6.45) is 0.494. The van der Waals surface area contributed by atoms with Gasteiger partial charge in [0.15, 0.2) is 0 Å². The van der Waals surface area contributed by atoms with Gasteiger partial charge in [0.25, 0.3) is 0 Å². The number of nitrogens with zero attached hydrogens (tertiary/aromatic N) is 1. The van der Waals surface area contributed by atoms with Gasteiger partial charge in [-0.05, 0) is 20.8 Å². The van der Waals surface area contributed by atoms with Gasteiger partial charge in [-0.15, -0.1) is 0 Å². The maximum absolute atomic E-state index is 10.5. The Bertz CT molecular complexity index is 299. The summed E-state index contributed by atoms with van der Waals surface area (Å²) in [5, 5.41) is 3.74. The molecule has 92 valence electrons. The molecule has 0 aromatic rings. The highest BCUT2D eigenvalue weighted by Gasteiger charge is 2.18. The summed E-state index contributed by atoms with van der Waals surface area (Å²) in [4.78, 5) is 20.9. The Balaban J connectivity index is 4.18. The number of hydrogen-bond acceptors (Lipinski definition) is 4. The third kappa shape index (κ3) is 7.56. The molecule has 0 saturated heterocycles. The molecule has 4 amide bonds. The zero-order valence-corrected chi connectivity index (χ0v) is 9.63. The molecule has 8 heteroatoms. The van der Waals surface area contributed by atoms with Crippen molar-refractivity contribution in [1.29, 1.82) is 0 Å². The second-order valence-corrected chi connectivity index (χ2v) is 4.00. The molecular weight excluding hydrogens is 212 g/mol. The van der Waals surface area contributed by atoms with Gasteiger partial charge in [-0.1, -0.05) is 0 Å². The molecule has 0 heterocycles. The number of hydrogen-bond donors (Lipinski definition) is 5. The Kier molecular flexibility index (Phi) is 5.23. The van der Waals surface area contributed by atoms with E-state index in [9.17, 15) is 9.59 Å². The average Bonchev–Trinajstić information content (AvgIpc) is 2.11. The van der Waals surface area contributed by atoms with Crippen LogP contribution in [0.4, 0.5) is 9.59 Å². The van der Waals surface area contributed by atoms with Crippen LogP contribution in [0.5, 0.6) is 0 Å². The number of hydrazine groups is 1. The van der Waals surface area contributed by atoms with Crippen molar-refractivity contribution in [3.8, 4) is 0 Å². The predicted molar refractivity (Wildman–Crippen MR) is 60.4 cm³/mol. The first-order valence-electron chi connectivity index (χ1n) is 4.64. The predicted octanol–water partition coefficient (Wildman–Crippen LogP) is -0.628. The van der Waals surface area contributed by atoms with E-state index in [4.69, 9.17) is 11.5 Å². The lowest BCUT2D eigenvalue weighted by atomic mass is 9.99. The van der Waals surface area contributed by atoms with Gasteiger partial charge in [0, 0.05) is 17.7 Å². The Labute approximate surface area is 93.8 Å². The number of urea groups is 2. The molecule has 0 atom stereocenters. The number of amides is 4. The minimum absolute atomic E-state index is 0.443. The summed E-state index contributed by atoms with van der Waals surface area (Å²) >= 11 is 0. The summed E-state index contributed by atoms with van der Waals surface area (Å²) in [6.45, 7) is 5.40. The molecule has 0 saturated carbocycles. The smallest absolute Gasteiger partial charge is 0.332 e. The topological polar surface area (TPSA) is 135 Å². The molecule has 0 aliphatic rings. The zero-order valence-electron chi connectivity index (χ0n) is 9.63. The Morgan fingerprint density at radius 1 is 1.25 bits per heavy atom. The van der Waals surface area contributed by atoms with E-state index in [2.05, 4.69) is 21.4 Å². The molecule has 0 aromatic heterocycles. The van der Waals surface area contributed by atoms with Crippen LogP contribution in [-0.4, -0.2) is 23.3 Å². The van der Waals surface area contributed by atoms with Crippen molar-refractivity contribution >= 4 is 17.8 Å². The molecular formula is C8H18N6O2. The molecule has 0 spiro atoms. The van der Waals surface area contributed by atoms with Gasteiger partial charge in [0.1, 0.15) is 0 Å². The largest absolute Gasteiger partial charge is 0.351 e. The van der Waals surface area contributed by atoms with Gasteiger partial charge in [-0.25, -0.2) is 20.4 Å². The van der Waals surface area contributed by atoms with Crippen LogP contribution in [0.3, 0.4) is 0 Å². The fourth-order valence-corrected chi connectivity index (χ4v) is 1.10. The number of rotatable bonds is 5. The summed E-state index contributed by atoms with van der Waals surface area (Å²) in [5.74, 6) is 0. The molecule has 0 bridgehead atoms. The van der Waals surface area contributed by atoms with Crippen molar-refractivity contribution in [2.45, 2.75) is 32.7 Å². The average molecular weight is 230 g/mol. The van der Waals surface area contributed by atoms with Crippen molar-refractivity contribution in [2.24, 2.45) is 16.6 Å². The number of nitrogens with two attached hydrogens (primary N) is 2. The van der Waals surface area contributed by atoms with Crippen molar-refractivity contribution in [2.75, 3.05) is 0 Å². The number of primary amides is 2. The molecule has 0 aliphatic heterocycles. The van der Waals surface area contributed by atoms with Crippen LogP contribution in [0.2, 0.25) is 0 Å². The van der Waals surface area contributed by atoms with Crippen LogP contribution in [0.1, 0.15) is 27.2 Å². The first kappa shape index (κ1) is 14.2. The zero-order chi connectivity index (χ0) is 12.8. The van der Waals surface area contributed by atoms with Crippen LogP contribution in [0.25, 0.3) is 0 Å². The van der Waals surface area contributed by atoms with Crippen LogP contribution >= 0.6 is 0 Å². The second-order valence-electron chi connectivity index (χ2n) is 4.00. The van der Waals surface area contributed by atoms with Crippen LogP contribution in [0, 0.1) is 0 Å². The van der Waals surface area contributed by atoms with E-state index < -0.39 is 17.6 Å². The molecule has 8 nitrogen and oxygen atoms in total. The Morgan fingerprint density at radius 3 is 2.25 bits per heavy atom. The van der Waals surface area contributed by atoms with Crippen molar-refractivity contribution < 1.29 is 9.59 Å². The maximum Gasteiger partial charge on any atom is 0.332 e. The summed E-state index contributed by atoms with van der Waals surface area (Å²) < 4.78 is 0. The van der Waals surface area contributed by atoms with Crippen LogP contribution < -0.4 is 27.7 Å². The summed E-state index contributed by atoms with van der Waals surface area (Å²) in [7, 11) is 0.